The van der Waals surface area contributed by atoms with Crippen LogP contribution in [0.25, 0.3) is 0 Å². The third-order valence-electron chi connectivity index (χ3n) is 6.81. The minimum absolute atomic E-state index is 0.0130. The lowest BCUT2D eigenvalue weighted by Crippen LogP contribution is -2.67. The van der Waals surface area contributed by atoms with Gasteiger partial charge in [-0.3, -0.25) is 19.6 Å². The molecule has 0 aromatic carbocycles. The van der Waals surface area contributed by atoms with Gasteiger partial charge in [-0.15, -0.1) is 0 Å². The van der Waals surface area contributed by atoms with Crippen molar-refractivity contribution in [2.75, 3.05) is 13.2 Å². The molecule has 3 amide bonds. The molecule has 6 N–H and O–H groups in total. The lowest BCUT2D eigenvalue weighted by Gasteiger charge is -2.44. The molecule has 34 heavy (non-hydrogen) atoms. The predicted molar refractivity (Wildman–Crippen MR) is 110 cm³/mol. The zero-order chi connectivity index (χ0) is 24.5. The molecule has 4 aliphatic rings. The number of ether oxygens (including phenoxy) is 2. The van der Waals surface area contributed by atoms with E-state index >= 15 is 0 Å². The molecule has 5 rings (SSSR count). The maximum absolute atomic E-state index is 13.0. The van der Waals surface area contributed by atoms with Crippen LogP contribution in [-0.4, -0.2) is 107 Å². The first-order valence-electron chi connectivity index (χ1n) is 10.6. The molecular weight excluding hydrogens is 476 g/mol. The number of imide groups is 1. The number of nitrogens with one attached hydrogen (secondary N) is 1. The summed E-state index contributed by atoms with van der Waals surface area (Å²) in [5, 5.41) is 50.6. The molecule has 3 fully saturated rings. The fourth-order valence-electron chi connectivity index (χ4n) is 4.84. The number of carbonyl (C=O) groups excluding carboxylic acids is 2. The summed E-state index contributed by atoms with van der Waals surface area (Å²) in [6.45, 7) is 0.506. The number of amides is 3. The van der Waals surface area contributed by atoms with E-state index in [0.717, 1.165) is 16.3 Å². The lowest BCUT2D eigenvalue weighted by atomic mass is 9.83. The molecule has 186 valence electrons. The Balaban J connectivity index is 1.52. The first kappa shape index (κ1) is 23.6. The summed E-state index contributed by atoms with van der Waals surface area (Å²) in [6, 6.07) is -0.748. The number of aliphatic hydroxyl groups is 5. The van der Waals surface area contributed by atoms with Crippen LogP contribution in [-0.2, 0) is 19.7 Å². The van der Waals surface area contributed by atoms with E-state index in [0.29, 0.717) is 4.90 Å². The highest BCUT2D eigenvalue weighted by atomic mass is 32.2. The van der Waals surface area contributed by atoms with Gasteiger partial charge in [0.25, 0.3) is 0 Å². The number of urea groups is 1. The number of nitrogens with zero attached hydrogens (tertiary/aromatic N) is 3. The third-order valence-corrected chi connectivity index (χ3v) is 8.28. The van der Waals surface area contributed by atoms with Crippen molar-refractivity contribution in [3.05, 3.63) is 22.4 Å². The maximum Gasteiger partial charge on any atom is 0.350 e. The Hall–Kier alpha value is -2.11. The fraction of sp³-hybridized carbons (Fsp3) is 0.684. The van der Waals surface area contributed by atoms with Gasteiger partial charge in [0, 0.05) is 17.5 Å². The fourth-order valence-corrected chi connectivity index (χ4v) is 6.42. The molecule has 1 unspecified atom stereocenters. The second kappa shape index (κ2) is 8.23. The van der Waals surface area contributed by atoms with Crippen LogP contribution in [0.4, 0.5) is 4.79 Å². The van der Waals surface area contributed by atoms with Gasteiger partial charge in [-0.05, 0) is 6.92 Å². The van der Waals surface area contributed by atoms with Crippen LogP contribution in [0.1, 0.15) is 25.3 Å². The van der Waals surface area contributed by atoms with E-state index in [1.54, 1.807) is 0 Å². The summed E-state index contributed by atoms with van der Waals surface area (Å²) in [5.74, 6) is -0.667. The number of hydrogen-bond acceptors (Lipinski definition) is 12. The van der Waals surface area contributed by atoms with Crippen LogP contribution in [0.5, 0.6) is 0 Å². The normalized spacial score (nSPS) is 41.5. The molecule has 3 saturated heterocycles. The van der Waals surface area contributed by atoms with Gasteiger partial charge in [-0.2, -0.15) is 4.98 Å². The number of carbonyl (C=O) groups is 2. The average Bonchev–Trinajstić information content (AvgIpc) is 3.41. The summed E-state index contributed by atoms with van der Waals surface area (Å²) in [7, 11) is 0. The van der Waals surface area contributed by atoms with Crippen molar-refractivity contribution in [1.29, 1.82) is 0 Å². The maximum atomic E-state index is 13.0. The molecule has 0 saturated carbocycles. The summed E-state index contributed by atoms with van der Waals surface area (Å²) in [4.78, 5) is 44.3. The van der Waals surface area contributed by atoms with Crippen LogP contribution in [0.3, 0.4) is 0 Å². The van der Waals surface area contributed by atoms with Crippen LogP contribution in [0, 0.1) is 0 Å². The van der Waals surface area contributed by atoms with E-state index < -0.39 is 84.6 Å². The molecule has 0 radical (unpaired) electrons. The predicted octanol–water partition coefficient (Wildman–Crippen LogP) is -3.44. The highest BCUT2D eigenvalue weighted by molar-refractivity contribution is 8.00. The van der Waals surface area contributed by atoms with Gasteiger partial charge in [0.15, 0.2) is 6.23 Å². The van der Waals surface area contributed by atoms with Gasteiger partial charge in [-0.1, -0.05) is 11.8 Å². The van der Waals surface area contributed by atoms with Crippen molar-refractivity contribution in [3.63, 3.8) is 0 Å². The quantitative estimate of drug-likeness (QED) is 0.239. The number of rotatable bonds is 4. The number of aromatic nitrogens is 2. The van der Waals surface area contributed by atoms with Crippen molar-refractivity contribution < 1.29 is 44.6 Å². The minimum Gasteiger partial charge on any atom is -0.394 e. The number of hydrogen-bond donors (Lipinski definition) is 6. The second-order valence-electron chi connectivity index (χ2n) is 8.83. The molecule has 1 aromatic heterocycles. The molecule has 14 nitrogen and oxygen atoms in total. The van der Waals surface area contributed by atoms with Gasteiger partial charge < -0.3 is 35.0 Å². The van der Waals surface area contributed by atoms with Gasteiger partial charge in [0.1, 0.15) is 41.4 Å². The molecule has 5 heterocycles. The molecule has 4 aliphatic heterocycles. The van der Waals surface area contributed by atoms with Crippen molar-refractivity contribution in [3.8, 4) is 0 Å². The SMILES string of the molecule is C[C@@]12C(=O)NC(=O)N([C@H]3C[C@H](O)[C@@H](CO)O3)C1Sc1cn([C@@H]3O[C@H](CO)[C@@H](O)[C@H]3O)c(=O)nc12. The Morgan fingerprint density at radius 1 is 1.15 bits per heavy atom. The Bertz CT molecular complexity index is 1090. The standard InChI is InChI=1S/C19H24N4O10S/c1-19-13-9(3-22(17(30)20-13)14-12(28)11(27)8(5-25)33-14)34-16(19)23(18(31)21-15(19)29)10-2-6(26)7(4-24)32-10/h3,6-8,10-12,14,16,24-28H,2,4-5H2,1H3,(H,21,29,31)/t6-,7+,8+,10+,11+,12+,14+,16?,19+/m0/s1. The van der Waals surface area contributed by atoms with Gasteiger partial charge in [-0.25, -0.2) is 9.59 Å². The first-order chi connectivity index (χ1) is 16.1. The summed E-state index contributed by atoms with van der Waals surface area (Å²) in [6.07, 6.45) is -6.86. The average molecular weight is 500 g/mol. The van der Waals surface area contributed by atoms with Crippen molar-refractivity contribution in [1.82, 2.24) is 19.8 Å². The van der Waals surface area contributed by atoms with Gasteiger partial charge in [0.05, 0.1) is 25.0 Å². The Morgan fingerprint density at radius 3 is 2.47 bits per heavy atom. The minimum atomic E-state index is -1.51. The van der Waals surface area contributed by atoms with Crippen LogP contribution in [0.2, 0.25) is 0 Å². The monoisotopic (exact) mass is 500 g/mol. The number of aliphatic hydroxyl groups excluding tert-OH is 5. The molecule has 0 aliphatic carbocycles. The van der Waals surface area contributed by atoms with E-state index in [4.69, 9.17) is 9.47 Å². The highest BCUT2D eigenvalue weighted by Gasteiger charge is 2.61. The Morgan fingerprint density at radius 2 is 1.85 bits per heavy atom. The summed E-state index contributed by atoms with van der Waals surface area (Å²) in [5.41, 5.74) is -2.19. The van der Waals surface area contributed by atoms with Crippen molar-refractivity contribution in [2.24, 2.45) is 0 Å². The molecule has 9 atom stereocenters. The molecule has 15 heteroatoms. The van der Waals surface area contributed by atoms with Gasteiger partial charge >= 0.3 is 11.7 Å². The first-order valence-corrected chi connectivity index (χ1v) is 11.5. The zero-order valence-electron chi connectivity index (χ0n) is 17.8. The topological polar surface area (TPSA) is 204 Å². The third kappa shape index (κ3) is 3.23. The summed E-state index contributed by atoms with van der Waals surface area (Å²) >= 11 is 1.07. The lowest BCUT2D eigenvalue weighted by molar-refractivity contribution is -0.132. The summed E-state index contributed by atoms with van der Waals surface area (Å²) < 4.78 is 12.0. The molecular formula is C19H24N4O10S. The molecule has 0 spiro atoms. The highest BCUT2D eigenvalue weighted by Crippen LogP contribution is 2.52. The molecule has 1 aromatic rings. The van der Waals surface area contributed by atoms with Gasteiger partial charge in [0.2, 0.25) is 5.91 Å². The Kier molecular flexibility index (Phi) is 5.72. The van der Waals surface area contributed by atoms with E-state index in [1.807, 2.05) is 0 Å². The van der Waals surface area contributed by atoms with E-state index in [2.05, 4.69) is 10.3 Å². The largest absolute Gasteiger partial charge is 0.394 e. The van der Waals surface area contributed by atoms with Crippen molar-refractivity contribution >= 4 is 23.7 Å². The van der Waals surface area contributed by atoms with E-state index in [1.165, 1.54) is 18.0 Å². The smallest absolute Gasteiger partial charge is 0.350 e. The van der Waals surface area contributed by atoms with Crippen LogP contribution < -0.4 is 11.0 Å². The number of thioether (sulfide) groups is 1. The number of fused-ring (bicyclic) bond motifs is 3. The van der Waals surface area contributed by atoms with E-state index in [9.17, 15) is 39.9 Å². The second-order valence-corrected chi connectivity index (χ2v) is 9.95. The van der Waals surface area contributed by atoms with E-state index in [-0.39, 0.29) is 12.1 Å². The van der Waals surface area contributed by atoms with Crippen LogP contribution in [0.15, 0.2) is 15.9 Å². The molecule has 0 bridgehead atoms. The van der Waals surface area contributed by atoms with Crippen molar-refractivity contribution in [2.45, 2.75) is 72.0 Å². The Labute approximate surface area is 196 Å². The zero-order valence-corrected chi connectivity index (χ0v) is 18.7. The van der Waals surface area contributed by atoms with Crippen LogP contribution >= 0.6 is 11.8 Å².